The van der Waals surface area contributed by atoms with E-state index in [2.05, 4.69) is 25.3 Å². The number of halogens is 1. The number of anilines is 1. The van der Waals surface area contributed by atoms with Gasteiger partial charge < -0.3 is 11.1 Å². The van der Waals surface area contributed by atoms with Crippen LogP contribution in [0.4, 0.5) is 11.5 Å². The monoisotopic (exact) mass is 341 g/mol. The van der Waals surface area contributed by atoms with E-state index in [1.165, 1.54) is 0 Å². The van der Waals surface area contributed by atoms with Gasteiger partial charge in [-0.3, -0.25) is 4.79 Å². The largest absolute Gasteiger partial charge is 0.382 e. The lowest BCUT2D eigenvalue weighted by Crippen LogP contribution is -2.19. The summed E-state index contributed by atoms with van der Waals surface area (Å²) in [6, 6.07) is 15.5. The van der Waals surface area contributed by atoms with Crippen molar-refractivity contribution in [2.45, 2.75) is 0 Å². The Bertz CT molecular complexity index is 892. The van der Waals surface area contributed by atoms with Crippen molar-refractivity contribution >= 4 is 34.8 Å². The van der Waals surface area contributed by atoms with Gasteiger partial charge in [-0.25, -0.2) is 9.62 Å². The van der Waals surface area contributed by atoms with E-state index >= 15 is 0 Å². The van der Waals surface area contributed by atoms with Crippen LogP contribution in [0.3, 0.4) is 0 Å². The smallest absolute Gasteiger partial charge is 0.256 e. The third-order valence-electron chi connectivity index (χ3n) is 3.06. The molecule has 0 saturated carbocycles. The number of nitrogens with one attached hydrogen (secondary N) is 1. The molecule has 120 valence electrons. The van der Waals surface area contributed by atoms with E-state index in [4.69, 9.17) is 17.3 Å². The fraction of sp³-hybridized carbons (Fsp3) is 0. The summed E-state index contributed by atoms with van der Waals surface area (Å²) in [6.07, 6.45) is 0. The standard InChI is InChI=1S/C16H12ClN5O2/c17-11-7-4-8-12(9-11)19-14(18)13-15(22-24-21-13)20-16(23)10-5-2-1-3-6-10/h1-9H,(H2,18,19)(H,20,22,23). The lowest BCUT2D eigenvalue weighted by atomic mass is 10.2. The molecule has 24 heavy (non-hydrogen) atoms. The van der Waals surface area contributed by atoms with E-state index in [0.717, 1.165) is 0 Å². The van der Waals surface area contributed by atoms with Crippen molar-refractivity contribution in [2.24, 2.45) is 10.7 Å². The van der Waals surface area contributed by atoms with Crippen molar-refractivity contribution in [1.82, 2.24) is 10.3 Å². The fourth-order valence-electron chi connectivity index (χ4n) is 1.95. The summed E-state index contributed by atoms with van der Waals surface area (Å²) >= 11 is 5.91. The average Bonchev–Trinajstić information content (AvgIpc) is 3.04. The normalized spacial score (nSPS) is 11.3. The third-order valence-corrected chi connectivity index (χ3v) is 3.29. The second-order valence-electron chi connectivity index (χ2n) is 4.76. The molecule has 0 aliphatic heterocycles. The Labute approximate surface area is 142 Å². The topological polar surface area (TPSA) is 106 Å². The summed E-state index contributed by atoms with van der Waals surface area (Å²) in [4.78, 5) is 16.4. The summed E-state index contributed by atoms with van der Waals surface area (Å²) in [5.74, 6) is -0.225. The van der Waals surface area contributed by atoms with Crippen LogP contribution >= 0.6 is 11.6 Å². The van der Waals surface area contributed by atoms with Crippen molar-refractivity contribution in [2.75, 3.05) is 5.32 Å². The molecule has 0 radical (unpaired) electrons. The van der Waals surface area contributed by atoms with E-state index in [0.29, 0.717) is 16.3 Å². The van der Waals surface area contributed by atoms with Gasteiger partial charge >= 0.3 is 0 Å². The van der Waals surface area contributed by atoms with E-state index < -0.39 is 0 Å². The molecule has 3 rings (SSSR count). The molecule has 2 aromatic carbocycles. The second kappa shape index (κ2) is 6.93. The number of hydrogen-bond acceptors (Lipinski definition) is 5. The molecular weight excluding hydrogens is 330 g/mol. The highest BCUT2D eigenvalue weighted by atomic mass is 35.5. The van der Waals surface area contributed by atoms with Crippen molar-refractivity contribution in [1.29, 1.82) is 0 Å². The Balaban J connectivity index is 1.83. The zero-order valence-corrected chi connectivity index (χ0v) is 13.1. The maximum absolute atomic E-state index is 12.2. The van der Waals surface area contributed by atoms with Crippen molar-refractivity contribution in [3.05, 3.63) is 70.9 Å². The van der Waals surface area contributed by atoms with Gasteiger partial charge in [0.15, 0.2) is 11.5 Å². The minimum atomic E-state index is -0.358. The van der Waals surface area contributed by atoms with Crippen LogP contribution in [-0.4, -0.2) is 22.1 Å². The minimum absolute atomic E-state index is 0.0434. The average molecular weight is 342 g/mol. The quantitative estimate of drug-likeness (QED) is 0.560. The number of amides is 1. The number of hydrogen-bond donors (Lipinski definition) is 2. The maximum atomic E-state index is 12.2. The highest BCUT2D eigenvalue weighted by molar-refractivity contribution is 6.30. The van der Waals surface area contributed by atoms with Crippen molar-refractivity contribution in [3.63, 3.8) is 0 Å². The summed E-state index contributed by atoms with van der Waals surface area (Å²) in [7, 11) is 0. The number of rotatable bonds is 4. The highest BCUT2D eigenvalue weighted by Gasteiger charge is 2.17. The van der Waals surface area contributed by atoms with Gasteiger partial charge in [0.1, 0.15) is 0 Å². The van der Waals surface area contributed by atoms with Gasteiger partial charge in [-0.15, -0.1) is 0 Å². The zero-order chi connectivity index (χ0) is 16.9. The minimum Gasteiger partial charge on any atom is -0.382 e. The van der Waals surface area contributed by atoms with E-state index in [1.54, 1.807) is 48.5 Å². The van der Waals surface area contributed by atoms with Crippen molar-refractivity contribution < 1.29 is 9.42 Å². The SMILES string of the molecule is NC(=Nc1cccc(Cl)c1)c1nonc1NC(=O)c1ccccc1. The fourth-order valence-corrected chi connectivity index (χ4v) is 2.13. The predicted octanol–water partition coefficient (Wildman–Crippen LogP) is 3.01. The predicted molar refractivity (Wildman–Crippen MR) is 90.5 cm³/mol. The molecule has 0 aliphatic rings. The number of carbonyl (C=O) groups is 1. The Morgan fingerprint density at radius 3 is 2.67 bits per heavy atom. The van der Waals surface area contributed by atoms with Crippen LogP contribution in [0.5, 0.6) is 0 Å². The highest BCUT2D eigenvalue weighted by Crippen LogP contribution is 2.19. The number of nitrogens with zero attached hydrogens (tertiary/aromatic N) is 3. The first-order valence-electron chi connectivity index (χ1n) is 6.92. The van der Waals surface area contributed by atoms with E-state index in [1.807, 2.05) is 6.07 Å². The number of carbonyl (C=O) groups excluding carboxylic acids is 1. The van der Waals surface area contributed by atoms with E-state index in [-0.39, 0.29) is 23.3 Å². The molecule has 0 unspecified atom stereocenters. The molecular formula is C16H12ClN5O2. The summed E-state index contributed by atoms with van der Waals surface area (Å²) in [6.45, 7) is 0. The van der Waals surface area contributed by atoms with Crippen LogP contribution in [0.2, 0.25) is 5.02 Å². The molecule has 0 aliphatic carbocycles. The molecule has 0 fully saturated rings. The number of aliphatic imine (C=N–C) groups is 1. The van der Waals surface area contributed by atoms with Crippen LogP contribution < -0.4 is 11.1 Å². The molecule has 1 amide bonds. The summed E-state index contributed by atoms with van der Waals surface area (Å²) < 4.78 is 4.66. The third kappa shape index (κ3) is 3.58. The van der Waals surface area contributed by atoms with E-state index in [9.17, 15) is 4.79 Å². The molecule has 0 atom stereocenters. The van der Waals surface area contributed by atoms with Gasteiger partial charge in [-0.2, -0.15) is 0 Å². The Morgan fingerprint density at radius 1 is 1.12 bits per heavy atom. The zero-order valence-electron chi connectivity index (χ0n) is 12.3. The Morgan fingerprint density at radius 2 is 1.92 bits per heavy atom. The first-order valence-corrected chi connectivity index (χ1v) is 7.30. The van der Waals surface area contributed by atoms with Gasteiger partial charge in [0.05, 0.1) is 5.69 Å². The molecule has 8 heteroatoms. The first kappa shape index (κ1) is 15.7. The first-order chi connectivity index (χ1) is 11.6. The number of benzene rings is 2. The van der Waals surface area contributed by atoms with Gasteiger partial charge in [-0.1, -0.05) is 35.9 Å². The van der Waals surface area contributed by atoms with Crippen LogP contribution in [0.1, 0.15) is 16.1 Å². The van der Waals surface area contributed by atoms with Gasteiger partial charge in [-0.05, 0) is 40.6 Å². The molecule has 1 heterocycles. The molecule has 3 aromatic rings. The molecule has 3 N–H and O–H groups in total. The van der Waals surface area contributed by atoms with Gasteiger partial charge in [0, 0.05) is 10.6 Å². The van der Waals surface area contributed by atoms with Crippen LogP contribution in [0, 0.1) is 0 Å². The van der Waals surface area contributed by atoms with Crippen molar-refractivity contribution in [3.8, 4) is 0 Å². The summed E-state index contributed by atoms with van der Waals surface area (Å²) in [5.41, 5.74) is 7.08. The number of nitrogens with two attached hydrogens (primary N) is 1. The molecule has 7 nitrogen and oxygen atoms in total. The number of aromatic nitrogens is 2. The molecule has 1 aromatic heterocycles. The Hall–Kier alpha value is -3.19. The Kier molecular flexibility index (Phi) is 4.53. The van der Waals surface area contributed by atoms with Gasteiger partial charge in [0.2, 0.25) is 5.82 Å². The lowest BCUT2D eigenvalue weighted by Gasteiger charge is -2.03. The second-order valence-corrected chi connectivity index (χ2v) is 5.19. The molecule has 0 saturated heterocycles. The number of amidine groups is 1. The molecule has 0 bridgehead atoms. The molecule has 0 spiro atoms. The summed E-state index contributed by atoms with van der Waals surface area (Å²) in [5, 5.41) is 10.5. The van der Waals surface area contributed by atoms with Crippen LogP contribution in [-0.2, 0) is 0 Å². The lowest BCUT2D eigenvalue weighted by molar-refractivity contribution is 0.102. The van der Waals surface area contributed by atoms with Gasteiger partial charge in [0.25, 0.3) is 5.91 Å². The maximum Gasteiger partial charge on any atom is 0.256 e. The van der Waals surface area contributed by atoms with Crippen LogP contribution in [0.25, 0.3) is 0 Å². The van der Waals surface area contributed by atoms with Crippen LogP contribution in [0.15, 0.2) is 64.2 Å².